The first-order valence-electron chi connectivity index (χ1n) is 7.71. The van der Waals surface area contributed by atoms with Gasteiger partial charge in [-0.15, -0.1) is 0 Å². The lowest BCUT2D eigenvalue weighted by Gasteiger charge is -2.11. The van der Waals surface area contributed by atoms with Gasteiger partial charge in [0.15, 0.2) is 6.61 Å². The third-order valence-electron chi connectivity index (χ3n) is 3.20. The summed E-state index contributed by atoms with van der Waals surface area (Å²) in [6.45, 7) is 2.60. The average Bonchev–Trinajstić information content (AvgIpc) is 2.61. The molecule has 6 heteroatoms. The second-order valence-corrected chi connectivity index (χ2v) is 5.11. The number of hydrogen-bond acceptors (Lipinski definition) is 5. The standard InChI is InChI=1S/C18H22N2O4/c1-3-10-23-13-4-6-14(7-5-13)24-12-18(21)20-17-11-15(22-2)8-9-16(17)19/h4-9,11H,3,10,12,19H2,1-2H3,(H,20,21). The maximum Gasteiger partial charge on any atom is 0.262 e. The third-order valence-corrected chi connectivity index (χ3v) is 3.20. The highest BCUT2D eigenvalue weighted by Crippen LogP contribution is 2.24. The highest BCUT2D eigenvalue weighted by atomic mass is 16.5. The third kappa shape index (κ3) is 5.08. The van der Waals surface area contributed by atoms with Crippen LogP contribution in [0.15, 0.2) is 42.5 Å². The molecule has 0 radical (unpaired) electrons. The van der Waals surface area contributed by atoms with Gasteiger partial charge < -0.3 is 25.3 Å². The SMILES string of the molecule is CCCOc1ccc(OCC(=O)Nc2cc(OC)ccc2N)cc1. The largest absolute Gasteiger partial charge is 0.497 e. The molecular weight excluding hydrogens is 308 g/mol. The summed E-state index contributed by atoms with van der Waals surface area (Å²) in [7, 11) is 1.55. The zero-order valence-electron chi connectivity index (χ0n) is 13.9. The van der Waals surface area contributed by atoms with E-state index < -0.39 is 0 Å². The van der Waals surface area contributed by atoms with Gasteiger partial charge in [0.05, 0.1) is 25.1 Å². The Morgan fingerprint density at radius 2 is 1.67 bits per heavy atom. The Hall–Kier alpha value is -2.89. The summed E-state index contributed by atoms with van der Waals surface area (Å²) < 4.78 is 16.1. The second-order valence-electron chi connectivity index (χ2n) is 5.11. The maximum atomic E-state index is 12.0. The minimum absolute atomic E-state index is 0.119. The fraction of sp³-hybridized carbons (Fsp3) is 0.278. The number of carbonyl (C=O) groups is 1. The molecular formula is C18H22N2O4. The number of amides is 1. The number of anilines is 2. The van der Waals surface area contributed by atoms with Crippen molar-refractivity contribution in [3.63, 3.8) is 0 Å². The van der Waals surface area contributed by atoms with Crippen LogP contribution in [-0.2, 0) is 4.79 Å². The van der Waals surface area contributed by atoms with Gasteiger partial charge >= 0.3 is 0 Å². The molecule has 3 N–H and O–H groups in total. The van der Waals surface area contributed by atoms with Crippen molar-refractivity contribution in [2.24, 2.45) is 0 Å². The van der Waals surface area contributed by atoms with Crippen LogP contribution in [0.2, 0.25) is 0 Å². The van der Waals surface area contributed by atoms with Crippen molar-refractivity contribution in [1.29, 1.82) is 0 Å². The molecule has 2 aromatic carbocycles. The lowest BCUT2D eigenvalue weighted by atomic mass is 10.2. The Kier molecular flexibility index (Phi) is 6.31. The van der Waals surface area contributed by atoms with E-state index in [1.807, 2.05) is 19.1 Å². The van der Waals surface area contributed by atoms with E-state index in [0.717, 1.165) is 12.2 Å². The number of carbonyl (C=O) groups excluding carboxylic acids is 1. The number of nitrogens with two attached hydrogens (primary N) is 1. The highest BCUT2D eigenvalue weighted by molar-refractivity contribution is 5.95. The molecule has 2 rings (SSSR count). The number of ether oxygens (including phenoxy) is 3. The van der Waals surface area contributed by atoms with Gasteiger partial charge in [-0.05, 0) is 42.8 Å². The molecule has 0 aromatic heterocycles. The van der Waals surface area contributed by atoms with Crippen molar-refractivity contribution in [2.45, 2.75) is 13.3 Å². The highest BCUT2D eigenvalue weighted by Gasteiger charge is 2.08. The Morgan fingerprint density at radius 1 is 1.04 bits per heavy atom. The van der Waals surface area contributed by atoms with E-state index in [9.17, 15) is 4.79 Å². The molecule has 0 saturated carbocycles. The molecule has 0 unspecified atom stereocenters. The summed E-state index contributed by atoms with van der Waals surface area (Å²) in [6, 6.07) is 12.2. The molecule has 0 atom stereocenters. The summed E-state index contributed by atoms with van der Waals surface area (Å²) in [5.41, 5.74) is 6.78. The topological polar surface area (TPSA) is 82.8 Å². The summed E-state index contributed by atoms with van der Waals surface area (Å²) >= 11 is 0. The van der Waals surface area contributed by atoms with Crippen LogP contribution >= 0.6 is 0 Å². The van der Waals surface area contributed by atoms with Crippen molar-refractivity contribution in [2.75, 3.05) is 31.4 Å². The first-order valence-corrected chi connectivity index (χ1v) is 7.71. The average molecular weight is 330 g/mol. The van der Waals surface area contributed by atoms with Crippen molar-refractivity contribution in [3.05, 3.63) is 42.5 Å². The first-order chi connectivity index (χ1) is 11.6. The van der Waals surface area contributed by atoms with Crippen molar-refractivity contribution >= 4 is 17.3 Å². The number of rotatable bonds is 8. The normalized spacial score (nSPS) is 10.1. The number of hydrogen-bond donors (Lipinski definition) is 2. The Balaban J connectivity index is 1.87. The molecule has 0 spiro atoms. The van der Waals surface area contributed by atoms with Gasteiger partial charge in [-0.2, -0.15) is 0 Å². The molecule has 0 saturated heterocycles. The van der Waals surface area contributed by atoms with E-state index in [1.54, 1.807) is 37.4 Å². The van der Waals surface area contributed by atoms with Crippen molar-refractivity contribution < 1.29 is 19.0 Å². The smallest absolute Gasteiger partial charge is 0.262 e. The molecule has 0 heterocycles. The van der Waals surface area contributed by atoms with Crippen LogP contribution in [-0.4, -0.2) is 26.2 Å². The van der Waals surface area contributed by atoms with Gasteiger partial charge in [0.1, 0.15) is 17.2 Å². The van der Waals surface area contributed by atoms with E-state index in [-0.39, 0.29) is 12.5 Å². The van der Waals surface area contributed by atoms with Crippen LogP contribution in [0.3, 0.4) is 0 Å². The van der Waals surface area contributed by atoms with Crippen LogP contribution in [0.1, 0.15) is 13.3 Å². The summed E-state index contributed by atoms with van der Waals surface area (Å²) in [5.74, 6) is 1.68. The van der Waals surface area contributed by atoms with E-state index in [0.29, 0.717) is 29.5 Å². The van der Waals surface area contributed by atoms with Crippen LogP contribution in [0.5, 0.6) is 17.2 Å². The minimum Gasteiger partial charge on any atom is -0.497 e. The monoisotopic (exact) mass is 330 g/mol. The maximum absolute atomic E-state index is 12.0. The van der Waals surface area contributed by atoms with Crippen LogP contribution < -0.4 is 25.3 Å². The van der Waals surface area contributed by atoms with Gasteiger partial charge in [-0.25, -0.2) is 0 Å². The molecule has 0 bridgehead atoms. The molecule has 2 aromatic rings. The molecule has 6 nitrogen and oxygen atoms in total. The Morgan fingerprint density at radius 3 is 2.29 bits per heavy atom. The molecule has 0 aliphatic rings. The van der Waals surface area contributed by atoms with Gasteiger partial charge in [-0.1, -0.05) is 6.92 Å². The quantitative estimate of drug-likeness (QED) is 0.727. The minimum atomic E-state index is -0.304. The van der Waals surface area contributed by atoms with Gasteiger partial charge in [-0.3, -0.25) is 4.79 Å². The Bertz CT molecular complexity index is 671. The molecule has 0 aliphatic heterocycles. The zero-order chi connectivity index (χ0) is 17.4. The number of nitrogens with one attached hydrogen (secondary N) is 1. The molecule has 1 amide bonds. The number of methoxy groups -OCH3 is 1. The van der Waals surface area contributed by atoms with Gasteiger partial charge in [0, 0.05) is 6.07 Å². The predicted octanol–water partition coefficient (Wildman–Crippen LogP) is 3.08. The fourth-order valence-corrected chi connectivity index (χ4v) is 1.96. The molecule has 0 aliphatic carbocycles. The fourth-order valence-electron chi connectivity index (χ4n) is 1.96. The summed E-state index contributed by atoms with van der Waals surface area (Å²) in [5, 5.41) is 2.70. The van der Waals surface area contributed by atoms with Crippen LogP contribution in [0, 0.1) is 0 Å². The van der Waals surface area contributed by atoms with E-state index >= 15 is 0 Å². The van der Waals surface area contributed by atoms with Crippen LogP contribution in [0.4, 0.5) is 11.4 Å². The summed E-state index contributed by atoms with van der Waals surface area (Å²) in [6.07, 6.45) is 0.950. The van der Waals surface area contributed by atoms with Crippen molar-refractivity contribution in [1.82, 2.24) is 0 Å². The summed E-state index contributed by atoms with van der Waals surface area (Å²) in [4.78, 5) is 12.0. The lowest BCUT2D eigenvalue weighted by Crippen LogP contribution is -2.20. The van der Waals surface area contributed by atoms with Crippen molar-refractivity contribution in [3.8, 4) is 17.2 Å². The molecule has 0 fully saturated rings. The predicted molar refractivity (Wildman–Crippen MR) is 93.8 cm³/mol. The lowest BCUT2D eigenvalue weighted by molar-refractivity contribution is -0.118. The second kappa shape index (κ2) is 8.67. The van der Waals surface area contributed by atoms with Gasteiger partial charge in [0.25, 0.3) is 5.91 Å². The van der Waals surface area contributed by atoms with E-state index in [1.165, 1.54) is 0 Å². The first kappa shape index (κ1) is 17.5. The van der Waals surface area contributed by atoms with E-state index in [4.69, 9.17) is 19.9 Å². The molecule has 24 heavy (non-hydrogen) atoms. The Labute approximate surface area is 141 Å². The zero-order valence-corrected chi connectivity index (χ0v) is 13.9. The molecule has 128 valence electrons. The van der Waals surface area contributed by atoms with E-state index in [2.05, 4.69) is 5.32 Å². The number of benzene rings is 2. The van der Waals surface area contributed by atoms with Crippen LogP contribution in [0.25, 0.3) is 0 Å². The van der Waals surface area contributed by atoms with Gasteiger partial charge in [0.2, 0.25) is 0 Å². The number of nitrogen functional groups attached to an aromatic ring is 1.